The molecule has 5 nitrogen and oxygen atoms in total. The number of benzene rings is 2. The van der Waals surface area contributed by atoms with E-state index in [0.717, 1.165) is 17.8 Å². The van der Waals surface area contributed by atoms with Gasteiger partial charge in [0.1, 0.15) is 0 Å². The first kappa shape index (κ1) is 19.6. The predicted molar refractivity (Wildman–Crippen MR) is 105 cm³/mol. The highest BCUT2D eigenvalue weighted by Gasteiger charge is 2.09. The van der Waals surface area contributed by atoms with E-state index in [1.807, 2.05) is 24.3 Å². The minimum Gasteiger partial charge on any atom is -0.493 e. The summed E-state index contributed by atoms with van der Waals surface area (Å²) in [5, 5.41) is 2.97. The van der Waals surface area contributed by atoms with Gasteiger partial charge in [-0.15, -0.1) is 0 Å². The van der Waals surface area contributed by atoms with Crippen LogP contribution >= 0.6 is 0 Å². The van der Waals surface area contributed by atoms with E-state index in [9.17, 15) is 4.79 Å². The van der Waals surface area contributed by atoms with Crippen LogP contribution < -0.4 is 19.7 Å². The van der Waals surface area contributed by atoms with Crippen molar-refractivity contribution in [1.29, 1.82) is 0 Å². The number of nitrogens with one attached hydrogen (secondary N) is 1. The van der Waals surface area contributed by atoms with Crippen LogP contribution in [0.25, 0.3) is 0 Å². The van der Waals surface area contributed by atoms with Gasteiger partial charge in [0, 0.05) is 31.7 Å². The lowest BCUT2D eigenvalue weighted by Gasteiger charge is -2.23. The fourth-order valence-electron chi connectivity index (χ4n) is 2.81. The van der Waals surface area contributed by atoms with Crippen LogP contribution in [-0.4, -0.2) is 33.2 Å². The number of ether oxygens (including phenoxy) is 2. The van der Waals surface area contributed by atoms with E-state index in [4.69, 9.17) is 9.47 Å². The molecular weight excluding hydrogens is 328 g/mol. The number of nitrogens with zero attached hydrogens (tertiary/aromatic N) is 1. The molecule has 0 aliphatic heterocycles. The Kier molecular flexibility index (Phi) is 7.33. The number of carbonyl (C=O) groups excluding carboxylic acids is 1. The second-order valence-corrected chi connectivity index (χ2v) is 6.13. The zero-order chi connectivity index (χ0) is 18.9. The van der Waals surface area contributed by atoms with Crippen LogP contribution in [-0.2, 0) is 11.3 Å². The van der Waals surface area contributed by atoms with Gasteiger partial charge in [-0.1, -0.05) is 18.2 Å². The largest absolute Gasteiger partial charge is 0.493 e. The Labute approximate surface area is 155 Å². The maximum Gasteiger partial charge on any atom is 0.222 e. The standard InChI is InChI=1S/C21H28N2O3/c1-5-23(18-8-6-7-16(2)13-18)12-11-21(24)22-15-17-9-10-19(25-3)20(14-17)26-4/h6-10,13-14H,5,11-12,15H2,1-4H3,(H,22,24). The van der Waals surface area contributed by atoms with Crippen molar-refractivity contribution < 1.29 is 14.3 Å². The second-order valence-electron chi connectivity index (χ2n) is 6.13. The van der Waals surface area contributed by atoms with Gasteiger partial charge in [-0.05, 0) is 49.2 Å². The van der Waals surface area contributed by atoms with Gasteiger partial charge < -0.3 is 19.7 Å². The van der Waals surface area contributed by atoms with Crippen LogP contribution in [0.1, 0.15) is 24.5 Å². The molecule has 0 fully saturated rings. The normalized spacial score (nSPS) is 10.3. The molecule has 0 spiro atoms. The second kappa shape index (κ2) is 9.70. The first-order valence-corrected chi connectivity index (χ1v) is 8.86. The molecule has 0 heterocycles. The SMILES string of the molecule is CCN(CCC(=O)NCc1ccc(OC)c(OC)c1)c1cccc(C)c1. The van der Waals surface area contributed by atoms with E-state index in [1.165, 1.54) is 5.56 Å². The fourth-order valence-corrected chi connectivity index (χ4v) is 2.81. The van der Waals surface area contributed by atoms with Gasteiger partial charge >= 0.3 is 0 Å². The number of anilines is 1. The molecule has 1 N–H and O–H groups in total. The van der Waals surface area contributed by atoms with Gasteiger partial charge in [-0.2, -0.15) is 0 Å². The van der Waals surface area contributed by atoms with Crippen LogP contribution in [0.3, 0.4) is 0 Å². The third-order valence-corrected chi connectivity index (χ3v) is 4.29. The Bertz CT molecular complexity index is 731. The summed E-state index contributed by atoms with van der Waals surface area (Å²) >= 11 is 0. The molecule has 2 rings (SSSR count). The molecule has 2 aromatic carbocycles. The third-order valence-electron chi connectivity index (χ3n) is 4.29. The summed E-state index contributed by atoms with van der Waals surface area (Å²) in [6, 6.07) is 14.0. The molecule has 0 aliphatic rings. The lowest BCUT2D eigenvalue weighted by atomic mass is 10.2. The quantitative estimate of drug-likeness (QED) is 0.747. The smallest absolute Gasteiger partial charge is 0.222 e. The van der Waals surface area contributed by atoms with Crippen molar-refractivity contribution in [2.75, 3.05) is 32.2 Å². The summed E-state index contributed by atoms with van der Waals surface area (Å²) in [7, 11) is 3.21. The number of amides is 1. The van der Waals surface area contributed by atoms with Crippen molar-refractivity contribution in [3.8, 4) is 11.5 Å². The van der Waals surface area contributed by atoms with E-state index in [0.29, 0.717) is 31.0 Å². The van der Waals surface area contributed by atoms with Crippen molar-refractivity contribution >= 4 is 11.6 Å². The molecule has 1 amide bonds. The minimum absolute atomic E-state index is 0.0332. The lowest BCUT2D eigenvalue weighted by Crippen LogP contribution is -2.30. The van der Waals surface area contributed by atoms with Crippen molar-refractivity contribution in [1.82, 2.24) is 5.32 Å². The molecule has 140 valence electrons. The summed E-state index contributed by atoms with van der Waals surface area (Å²) in [5.74, 6) is 1.38. The Balaban J connectivity index is 1.86. The van der Waals surface area contributed by atoms with Gasteiger partial charge in [0.05, 0.1) is 14.2 Å². The predicted octanol–water partition coefficient (Wildman–Crippen LogP) is 3.55. The Morgan fingerprint density at radius 3 is 2.50 bits per heavy atom. The molecule has 0 aliphatic carbocycles. The molecule has 0 saturated heterocycles. The summed E-state index contributed by atoms with van der Waals surface area (Å²) in [6.07, 6.45) is 0.453. The van der Waals surface area contributed by atoms with Gasteiger partial charge in [-0.3, -0.25) is 4.79 Å². The highest BCUT2D eigenvalue weighted by molar-refractivity contribution is 5.76. The van der Waals surface area contributed by atoms with E-state index >= 15 is 0 Å². The molecule has 0 radical (unpaired) electrons. The van der Waals surface area contributed by atoms with Crippen molar-refractivity contribution in [3.63, 3.8) is 0 Å². The Hall–Kier alpha value is -2.69. The maximum absolute atomic E-state index is 12.2. The van der Waals surface area contributed by atoms with Crippen LogP contribution in [0.2, 0.25) is 0 Å². The maximum atomic E-state index is 12.2. The first-order valence-electron chi connectivity index (χ1n) is 8.86. The number of methoxy groups -OCH3 is 2. The number of hydrogen-bond acceptors (Lipinski definition) is 4. The zero-order valence-electron chi connectivity index (χ0n) is 16.0. The summed E-state index contributed by atoms with van der Waals surface area (Å²) in [6.45, 7) is 6.21. The average Bonchev–Trinajstić information content (AvgIpc) is 2.66. The number of rotatable bonds is 9. The van der Waals surface area contributed by atoms with Gasteiger partial charge in [0.2, 0.25) is 5.91 Å². The molecule has 0 aromatic heterocycles. The van der Waals surface area contributed by atoms with Gasteiger partial charge in [-0.25, -0.2) is 0 Å². The van der Waals surface area contributed by atoms with Crippen LogP contribution in [0.4, 0.5) is 5.69 Å². The van der Waals surface area contributed by atoms with Gasteiger partial charge in [0.15, 0.2) is 11.5 Å². The lowest BCUT2D eigenvalue weighted by molar-refractivity contribution is -0.121. The highest BCUT2D eigenvalue weighted by atomic mass is 16.5. The van der Waals surface area contributed by atoms with Crippen molar-refractivity contribution in [2.24, 2.45) is 0 Å². The summed E-state index contributed by atoms with van der Waals surface area (Å²) < 4.78 is 10.5. The van der Waals surface area contributed by atoms with Crippen LogP contribution in [0.5, 0.6) is 11.5 Å². The summed E-state index contributed by atoms with van der Waals surface area (Å²) in [5.41, 5.74) is 3.35. The number of hydrogen-bond donors (Lipinski definition) is 1. The molecule has 26 heavy (non-hydrogen) atoms. The number of carbonyl (C=O) groups is 1. The van der Waals surface area contributed by atoms with E-state index in [-0.39, 0.29) is 5.91 Å². The van der Waals surface area contributed by atoms with Crippen LogP contribution in [0, 0.1) is 6.92 Å². The molecule has 0 atom stereocenters. The minimum atomic E-state index is 0.0332. The highest BCUT2D eigenvalue weighted by Crippen LogP contribution is 2.27. The third kappa shape index (κ3) is 5.41. The molecule has 0 saturated carbocycles. The molecule has 0 unspecified atom stereocenters. The monoisotopic (exact) mass is 356 g/mol. The van der Waals surface area contributed by atoms with E-state index in [1.54, 1.807) is 14.2 Å². The topological polar surface area (TPSA) is 50.8 Å². The Morgan fingerprint density at radius 2 is 1.85 bits per heavy atom. The summed E-state index contributed by atoms with van der Waals surface area (Å²) in [4.78, 5) is 14.4. The number of aryl methyl sites for hydroxylation is 1. The van der Waals surface area contributed by atoms with Gasteiger partial charge in [0.25, 0.3) is 0 Å². The average molecular weight is 356 g/mol. The first-order chi connectivity index (χ1) is 12.6. The molecule has 5 heteroatoms. The van der Waals surface area contributed by atoms with E-state index < -0.39 is 0 Å². The fraction of sp³-hybridized carbons (Fsp3) is 0.381. The molecule has 2 aromatic rings. The zero-order valence-corrected chi connectivity index (χ0v) is 16.0. The van der Waals surface area contributed by atoms with Crippen LogP contribution in [0.15, 0.2) is 42.5 Å². The van der Waals surface area contributed by atoms with E-state index in [2.05, 4.69) is 42.3 Å². The van der Waals surface area contributed by atoms with Crippen molar-refractivity contribution in [3.05, 3.63) is 53.6 Å². The molecular formula is C21H28N2O3. The Morgan fingerprint density at radius 1 is 1.08 bits per heavy atom. The van der Waals surface area contributed by atoms with Crippen molar-refractivity contribution in [2.45, 2.75) is 26.8 Å². The molecule has 0 bridgehead atoms.